The first-order valence-electron chi connectivity index (χ1n) is 9.12. The summed E-state index contributed by atoms with van der Waals surface area (Å²) >= 11 is 1.76. The number of carbonyl (C=O) groups is 1. The molecule has 0 aliphatic rings. The number of benzene rings is 3. The van der Waals surface area contributed by atoms with Crippen LogP contribution < -0.4 is 5.32 Å². The third kappa shape index (κ3) is 4.24. The first kappa shape index (κ1) is 18.3. The molecule has 3 nitrogen and oxygen atoms in total. The van der Waals surface area contributed by atoms with Gasteiger partial charge in [0.15, 0.2) is 0 Å². The van der Waals surface area contributed by atoms with Crippen LogP contribution in [0.3, 0.4) is 0 Å². The molecule has 0 fully saturated rings. The summed E-state index contributed by atoms with van der Waals surface area (Å²) in [5, 5.41) is 4.09. The van der Waals surface area contributed by atoms with E-state index < -0.39 is 0 Å². The summed E-state index contributed by atoms with van der Waals surface area (Å²) in [5.74, 6) is 0.734. The minimum Gasteiger partial charge on any atom is -0.322 e. The Morgan fingerprint density at radius 3 is 2.57 bits per heavy atom. The average Bonchev–Trinajstić information content (AvgIpc) is 2.72. The fourth-order valence-corrected chi connectivity index (χ4v) is 4.03. The molecule has 0 aliphatic carbocycles. The number of amides is 1. The maximum atomic E-state index is 12.4. The van der Waals surface area contributed by atoms with Crippen LogP contribution in [0.5, 0.6) is 0 Å². The van der Waals surface area contributed by atoms with Crippen LogP contribution >= 0.6 is 11.8 Å². The van der Waals surface area contributed by atoms with E-state index in [2.05, 4.69) is 34.6 Å². The first-order chi connectivity index (χ1) is 13.7. The number of aromatic nitrogens is 1. The van der Waals surface area contributed by atoms with Gasteiger partial charge in [0.1, 0.15) is 0 Å². The maximum Gasteiger partial charge on any atom is 0.255 e. The summed E-state index contributed by atoms with van der Waals surface area (Å²) in [5.41, 5.74) is 4.79. The highest BCUT2D eigenvalue weighted by Crippen LogP contribution is 2.29. The van der Waals surface area contributed by atoms with Gasteiger partial charge in [-0.1, -0.05) is 42.5 Å². The smallest absolute Gasteiger partial charge is 0.255 e. The monoisotopic (exact) mass is 384 g/mol. The Kier molecular flexibility index (Phi) is 5.40. The summed E-state index contributed by atoms with van der Waals surface area (Å²) in [6.07, 6.45) is 1.83. The van der Waals surface area contributed by atoms with E-state index in [9.17, 15) is 4.79 Å². The zero-order valence-corrected chi connectivity index (χ0v) is 16.4. The number of nitrogens with one attached hydrogen (secondary N) is 1. The highest BCUT2D eigenvalue weighted by Gasteiger charge is 2.07. The van der Waals surface area contributed by atoms with E-state index in [1.54, 1.807) is 11.8 Å². The zero-order valence-electron chi connectivity index (χ0n) is 15.6. The lowest BCUT2D eigenvalue weighted by molar-refractivity contribution is 0.102. The quantitative estimate of drug-likeness (QED) is 0.424. The molecule has 0 atom stereocenters. The second-order valence-corrected chi connectivity index (χ2v) is 7.66. The van der Waals surface area contributed by atoms with Crippen LogP contribution in [0.2, 0.25) is 0 Å². The van der Waals surface area contributed by atoms with Gasteiger partial charge in [0.05, 0.1) is 5.52 Å². The van der Waals surface area contributed by atoms with Crippen LogP contribution in [0, 0.1) is 6.92 Å². The SMILES string of the molecule is Cc1cccc(NC(=O)c2ccc(CSc3cccc4cccnc34)cc2)c1. The molecule has 28 heavy (non-hydrogen) atoms. The lowest BCUT2D eigenvalue weighted by Crippen LogP contribution is -2.11. The van der Waals surface area contributed by atoms with Crippen LogP contribution in [-0.2, 0) is 5.75 Å². The van der Waals surface area contributed by atoms with Crippen molar-refractivity contribution in [2.24, 2.45) is 0 Å². The molecule has 1 amide bonds. The molecule has 1 heterocycles. The molecule has 4 rings (SSSR count). The number of para-hydroxylation sites is 1. The first-order valence-corrected chi connectivity index (χ1v) is 10.1. The van der Waals surface area contributed by atoms with E-state index in [0.717, 1.165) is 27.9 Å². The Morgan fingerprint density at radius 1 is 0.964 bits per heavy atom. The highest BCUT2D eigenvalue weighted by atomic mass is 32.2. The Bertz CT molecular complexity index is 1120. The van der Waals surface area contributed by atoms with Gasteiger partial charge in [-0.3, -0.25) is 9.78 Å². The van der Waals surface area contributed by atoms with E-state index in [1.165, 1.54) is 10.5 Å². The highest BCUT2D eigenvalue weighted by molar-refractivity contribution is 7.98. The molecule has 4 aromatic rings. The number of rotatable bonds is 5. The summed E-state index contributed by atoms with van der Waals surface area (Å²) in [7, 11) is 0. The van der Waals surface area contributed by atoms with Crippen LogP contribution in [0.4, 0.5) is 5.69 Å². The number of hydrogen-bond donors (Lipinski definition) is 1. The standard InChI is InChI=1S/C24H20N2OS/c1-17-5-2-8-21(15-17)26-24(27)20-12-10-18(11-13-20)16-28-22-9-3-6-19-7-4-14-25-23(19)22/h2-15H,16H2,1H3,(H,26,27). The van der Waals surface area contributed by atoms with E-state index in [-0.39, 0.29) is 5.91 Å². The number of nitrogens with zero attached hydrogens (tertiary/aromatic N) is 1. The second-order valence-electron chi connectivity index (χ2n) is 6.64. The van der Waals surface area contributed by atoms with Crippen molar-refractivity contribution < 1.29 is 4.79 Å². The number of fused-ring (bicyclic) bond motifs is 1. The average molecular weight is 385 g/mol. The van der Waals surface area contributed by atoms with Crippen molar-refractivity contribution in [3.8, 4) is 0 Å². The lowest BCUT2D eigenvalue weighted by Gasteiger charge is -2.08. The predicted molar refractivity (Wildman–Crippen MR) is 117 cm³/mol. The van der Waals surface area contributed by atoms with Crippen LogP contribution in [0.15, 0.2) is 90.0 Å². The largest absolute Gasteiger partial charge is 0.322 e. The Labute approximate surface area is 168 Å². The van der Waals surface area contributed by atoms with Gasteiger partial charge in [0.25, 0.3) is 5.91 Å². The molecule has 4 heteroatoms. The number of pyridine rings is 1. The molecule has 0 saturated heterocycles. The van der Waals surface area contributed by atoms with Gasteiger partial charge in [-0.25, -0.2) is 0 Å². The molecule has 0 unspecified atom stereocenters. The van der Waals surface area contributed by atoms with Crippen molar-refractivity contribution in [3.05, 3.63) is 102 Å². The predicted octanol–water partition coefficient (Wildman–Crippen LogP) is 6.09. The number of carbonyl (C=O) groups excluding carboxylic acids is 1. The minimum atomic E-state index is -0.0944. The number of anilines is 1. The molecule has 0 spiro atoms. The van der Waals surface area contributed by atoms with Crippen molar-refractivity contribution in [2.75, 3.05) is 5.32 Å². The van der Waals surface area contributed by atoms with Gasteiger partial charge in [-0.15, -0.1) is 11.8 Å². The topological polar surface area (TPSA) is 42.0 Å². The number of hydrogen-bond acceptors (Lipinski definition) is 3. The molecule has 0 saturated carbocycles. The Morgan fingerprint density at radius 2 is 1.75 bits per heavy atom. The molecule has 1 N–H and O–H groups in total. The lowest BCUT2D eigenvalue weighted by atomic mass is 10.1. The second kappa shape index (κ2) is 8.28. The zero-order chi connectivity index (χ0) is 19.3. The third-order valence-corrected chi connectivity index (χ3v) is 5.60. The van der Waals surface area contributed by atoms with E-state index >= 15 is 0 Å². The Balaban J connectivity index is 1.42. The van der Waals surface area contributed by atoms with Gasteiger partial charge in [-0.05, 0) is 54.4 Å². The molecular formula is C24H20N2OS. The van der Waals surface area contributed by atoms with Gasteiger partial charge < -0.3 is 5.32 Å². The minimum absolute atomic E-state index is 0.0944. The van der Waals surface area contributed by atoms with Crippen LogP contribution in [0.1, 0.15) is 21.5 Å². The molecule has 0 bridgehead atoms. The summed E-state index contributed by atoms with van der Waals surface area (Å²) in [4.78, 5) is 18.1. The molecule has 0 aliphatic heterocycles. The van der Waals surface area contributed by atoms with Gasteiger partial charge in [0, 0.05) is 33.5 Å². The van der Waals surface area contributed by atoms with Crippen molar-refractivity contribution in [1.82, 2.24) is 4.98 Å². The van der Waals surface area contributed by atoms with Gasteiger partial charge in [0.2, 0.25) is 0 Å². The maximum absolute atomic E-state index is 12.4. The van der Waals surface area contributed by atoms with E-state index in [1.807, 2.05) is 67.7 Å². The van der Waals surface area contributed by atoms with Crippen LogP contribution in [-0.4, -0.2) is 10.9 Å². The van der Waals surface area contributed by atoms with E-state index in [4.69, 9.17) is 0 Å². The fourth-order valence-electron chi connectivity index (χ4n) is 3.03. The van der Waals surface area contributed by atoms with Crippen molar-refractivity contribution in [1.29, 1.82) is 0 Å². The molecule has 138 valence electrons. The summed E-state index contributed by atoms with van der Waals surface area (Å²) in [6.45, 7) is 2.01. The number of thioether (sulfide) groups is 1. The van der Waals surface area contributed by atoms with Crippen molar-refractivity contribution >= 4 is 34.3 Å². The molecular weight excluding hydrogens is 364 g/mol. The fraction of sp³-hybridized carbons (Fsp3) is 0.0833. The molecule has 1 aromatic heterocycles. The van der Waals surface area contributed by atoms with Crippen molar-refractivity contribution in [2.45, 2.75) is 17.6 Å². The molecule has 3 aromatic carbocycles. The van der Waals surface area contributed by atoms with Gasteiger partial charge in [-0.2, -0.15) is 0 Å². The van der Waals surface area contributed by atoms with Crippen molar-refractivity contribution in [3.63, 3.8) is 0 Å². The summed E-state index contributed by atoms with van der Waals surface area (Å²) < 4.78 is 0. The van der Waals surface area contributed by atoms with Gasteiger partial charge >= 0.3 is 0 Å². The normalized spacial score (nSPS) is 10.8. The summed E-state index contributed by atoms with van der Waals surface area (Å²) in [6, 6.07) is 25.8. The molecule has 0 radical (unpaired) electrons. The third-order valence-electron chi connectivity index (χ3n) is 4.48. The van der Waals surface area contributed by atoms with E-state index in [0.29, 0.717) is 5.56 Å². The van der Waals surface area contributed by atoms with Crippen LogP contribution in [0.25, 0.3) is 10.9 Å². The number of aryl methyl sites for hydroxylation is 1. The Hall–Kier alpha value is -3.11.